The molecule has 0 unspecified atom stereocenters. The van der Waals surface area contributed by atoms with Gasteiger partial charge in [-0.3, -0.25) is 0 Å². The Hall–Kier alpha value is -1.02. The van der Waals surface area contributed by atoms with Gasteiger partial charge in [0.05, 0.1) is 10.9 Å². The lowest BCUT2D eigenvalue weighted by Crippen LogP contribution is -2.07. The van der Waals surface area contributed by atoms with Crippen LogP contribution in [-0.2, 0) is 6.18 Å². The zero-order valence-corrected chi connectivity index (χ0v) is 8.91. The van der Waals surface area contributed by atoms with Crippen LogP contribution in [-0.4, -0.2) is 5.33 Å². The Labute approximate surface area is 92.4 Å². The number of alkyl halides is 4. The van der Waals surface area contributed by atoms with Crippen LogP contribution in [0.1, 0.15) is 11.1 Å². The Kier molecular flexibility index (Phi) is 3.75. The van der Waals surface area contributed by atoms with Crippen molar-refractivity contribution < 1.29 is 17.6 Å². The molecule has 0 aliphatic carbocycles. The highest BCUT2D eigenvalue weighted by atomic mass is 79.9. The molecule has 0 nitrogen and oxygen atoms in total. The van der Waals surface area contributed by atoms with Gasteiger partial charge in [0.15, 0.2) is 0 Å². The van der Waals surface area contributed by atoms with Crippen LogP contribution >= 0.6 is 15.9 Å². The maximum atomic E-state index is 12.7. The van der Waals surface area contributed by atoms with E-state index in [-0.39, 0.29) is 10.9 Å². The molecule has 0 radical (unpaired) electrons. The minimum Gasteiger partial charge on any atom is -0.207 e. The van der Waals surface area contributed by atoms with E-state index in [0.717, 1.165) is 12.1 Å². The first-order chi connectivity index (χ1) is 6.95. The van der Waals surface area contributed by atoms with Gasteiger partial charge in [-0.2, -0.15) is 13.2 Å². The fraction of sp³-hybridized carbons (Fsp3) is 0.200. The van der Waals surface area contributed by atoms with Crippen molar-refractivity contribution >= 4 is 15.9 Å². The molecule has 0 spiro atoms. The Morgan fingerprint density at radius 2 is 1.93 bits per heavy atom. The van der Waals surface area contributed by atoms with Gasteiger partial charge in [0, 0.05) is 5.56 Å². The summed E-state index contributed by atoms with van der Waals surface area (Å²) < 4.78 is 49.9. The molecule has 0 fully saturated rings. The second-order valence-electron chi connectivity index (χ2n) is 2.62. The van der Waals surface area contributed by atoms with E-state index in [9.17, 15) is 17.6 Å². The van der Waals surface area contributed by atoms with Crippen molar-refractivity contribution in [2.24, 2.45) is 0 Å². The molecule has 1 aromatic rings. The molecule has 80 valence electrons. The van der Waals surface area contributed by atoms with Gasteiger partial charge >= 0.3 is 6.18 Å². The van der Waals surface area contributed by atoms with Gasteiger partial charge in [-0.05, 0) is 18.2 Å². The summed E-state index contributed by atoms with van der Waals surface area (Å²) in [6.07, 6.45) is -4.51. The Morgan fingerprint density at radius 1 is 1.27 bits per heavy atom. The van der Waals surface area contributed by atoms with Crippen LogP contribution in [0.15, 0.2) is 18.2 Å². The van der Waals surface area contributed by atoms with Crippen LogP contribution in [0, 0.1) is 17.7 Å². The molecule has 1 rings (SSSR count). The number of benzene rings is 1. The lowest BCUT2D eigenvalue weighted by Gasteiger charge is -2.08. The van der Waals surface area contributed by atoms with E-state index in [0.29, 0.717) is 6.07 Å². The van der Waals surface area contributed by atoms with Gasteiger partial charge in [-0.15, -0.1) is 0 Å². The van der Waals surface area contributed by atoms with Crippen LogP contribution in [0.5, 0.6) is 0 Å². The molecule has 0 saturated heterocycles. The van der Waals surface area contributed by atoms with Crippen molar-refractivity contribution in [3.8, 4) is 11.8 Å². The molecule has 0 aliphatic rings. The van der Waals surface area contributed by atoms with Crippen LogP contribution in [0.3, 0.4) is 0 Å². The molecule has 0 saturated carbocycles. The SMILES string of the molecule is Fc1ccc(C(F)(F)F)c(C#CCBr)c1. The second-order valence-corrected chi connectivity index (χ2v) is 3.18. The van der Waals surface area contributed by atoms with E-state index in [1.54, 1.807) is 0 Å². The maximum absolute atomic E-state index is 12.7. The predicted molar refractivity (Wildman–Crippen MR) is 52.1 cm³/mol. The normalized spacial score (nSPS) is 10.7. The number of hydrogen-bond acceptors (Lipinski definition) is 0. The highest BCUT2D eigenvalue weighted by Crippen LogP contribution is 2.31. The van der Waals surface area contributed by atoms with Gasteiger partial charge < -0.3 is 0 Å². The van der Waals surface area contributed by atoms with E-state index < -0.39 is 17.6 Å². The van der Waals surface area contributed by atoms with Crippen LogP contribution in [0.25, 0.3) is 0 Å². The van der Waals surface area contributed by atoms with Crippen molar-refractivity contribution in [3.05, 3.63) is 35.1 Å². The zero-order valence-electron chi connectivity index (χ0n) is 7.33. The van der Waals surface area contributed by atoms with E-state index in [4.69, 9.17) is 0 Å². The lowest BCUT2D eigenvalue weighted by molar-refractivity contribution is -0.137. The predicted octanol–water partition coefficient (Wildman–Crippen LogP) is 3.59. The summed E-state index contributed by atoms with van der Waals surface area (Å²) in [7, 11) is 0. The monoisotopic (exact) mass is 280 g/mol. The lowest BCUT2D eigenvalue weighted by atomic mass is 10.1. The molecule has 5 heteroatoms. The van der Waals surface area contributed by atoms with Crippen molar-refractivity contribution in [3.63, 3.8) is 0 Å². The molecule has 15 heavy (non-hydrogen) atoms. The quantitative estimate of drug-likeness (QED) is 0.387. The summed E-state index contributed by atoms with van der Waals surface area (Å²) in [6, 6.07) is 2.23. The second kappa shape index (κ2) is 4.67. The third-order valence-electron chi connectivity index (χ3n) is 1.58. The molecule has 0 atom stereocenters. The highest BCUT2D eigenvalue weighted by molar-refractivity contribution is 9.09. The number of halogens is 5. The maximum Gasteiger partial charge on any atom is 0.417 e. The van der Waals surface area contributed by atoms with E-state index in [2.05, 4.69) is 27.8 Å². The number of rotatable bonds is 0. The largest absolute Gasteiger partial charge is 0.417 e. The van der Waals surface area contributed by atoms with Gasteiger partial charge in [-0.25, -0.2) is 4.39 Å². The van der Waals surface area contributed by atoms with Crippen molar-refractivity contribution in [1.82, 2.24) is 0 Å². The van der Waals surface area contributed by atoms with Gasteiger partial charge in [0.25, 0.3) is 0 Å². The summed E-state index contributed by atoms with van der Waals surface area (Å²) in [5.74, 6) is 3.92. The van der Waals surface area contributed by atoms with Gasteiger partial charge in [0.1, 0.15) is 5.82 Å². The standard InChI is InChI=1S/C10H5BrF4/c11-5-1-2-7-6-8(12)3-4-9(7)10(13,14)15/h3-4,6H,5H2. The average Bonchev–Trinajstić information content (AvgIpc) is 2.12. The first-order valence-corrected chi connectivity index (χ1v) is 4.99. The van der Waals surface area contributed by atoms with Crippen LogP contribution in [0.4, 0.5) is 17.6 Å². The Bertz CT molecular complexity index is 412. The molecular formula is C10H5BrF4. The van der Waals surface area contributed by atoms with Crippen molar-refractivity contribution in [2.45, 2.75) is 6.18 Å². The molecule has 0 aliphatic heterocycles. The van der Waals surface area contributed by atoms with E-state index >= 15 is 0 Å². The molecule has 0 bridgehead atoms. The third kappa shape index (κ3) is 3.24. The summed E-state index contributed by atoms with van der Waals surface area (Å²) in [5, 5.41) is 0.237. The minimum atomic E-state index is -4.51. The molecule has 0 amide bonds. The number of hydrogen-bond donors (Lipinski definition) is 0. The molecular weight excluding hydrogens is 276 g/mol. The molecule has 0 heterocycles. The van der Waals surface area contributed by atoms with Crippen LogP contribution < -0.4 is 0 Å². The van der Waals surface area contributed by atoms with Crippen molar-refractivity contribution in [1.29, 1.82) is 0 Å². The first-order valence-electron chi connectivity index (χ1n) is 3.86. The minimum absolute atomic E-state index is 0.237. The van der Waals surface area contributed by atoms with Crippen molar-refractivity contribution in [2.75, 3.05) is 5.33 Å². The average molecular weight is 281 g/mol. The summed E-state index contributed by atoms with van der Waals surface area (Å²) >= 11 is 2.95. The van der Waals surface area contributed by atoms with Gasteiger partial charge in [0.2, 0.25) is 0 Å². The Morgan fingerprint density at radius 3 is 2.47 bits per heavy atom. The third-order valence-corrected chi connectivity index (χ3v) is 1.86. The van der Waals surface area contributed by atoms with E-state index in [1.807, 2.05) is 0 Å². The molecule has 0 aromatic heterocycles. The first kappa shape index (κ1) is 12.1. The van der Waals surface area contributed by atoms with Gasteiger partial charge in [-0.1, -0.05) is 27.8 Å². The fourth-order valence-electron chi connectivity index (χ4n) is 0.996. The summed E-state index contributed by atoms with van der Waals surface area (Å²) in [5.41, 5.74) is -1.26. The zero-order chi connectivity index (χ0) is 11.5. The fourth-order valence-corrected chi connectivity index (χ4v) is 1.14. The summed E-state index contributed by atoms with van der Waals surface area (Å²) in [4.78, 5) is 0. The molecule has 0 N–H and O–H groups in total. The highest BCUT2D eigenvalue weighted by Gasteiger charge is 2.33. The Balaban J connectivity index is 3.27. The molecule has 1 aromatic carbocycles. The van der Waals surface area contributed by atoms with Crippen LogP contribution in [0.2, 0.25) is 0 Å². The van der Waals surface area contributed by atoms with E-state index in [1.165, 1.54) is 0 Å². The topological polar surface area (TPSA) is 0 Å². The smallest absolute Gasteiger partial charge is 0.207 e. The summed E-state index contributed by atoms with van der Waals surface area (Å²) in [6.45, 7) is 0.